The number of aliphatic carboxylic acids is 1. The highest BCUT2D eigenvalue weighted by Crippen LogP contribution is 2.32. The van der Waals surface area contributed by atoms with Crippen LogP contribution in [-0.2, 0) is 9.59 Å². The minimum absolute atomic E-state index is 0.0500. The summed E-state index contributed by atoms with van der Waals surface area (Å²) < 4.78 is 0. The Kier molecular flexibility index (Phi) is 4.70. The average molecular weight is 340 g/mol. The second-order valence-corrected chi connectivity index (χ2v) is 6.36. The lowest BCUT2D eigenvalue weighted by molar-refractivity contribution is -0.151. The summed E-state index contributed by atoms with van der Waals surface area (Å²) in [6.07, 6.45) is 1.76. The first-order valence-corrected chi connectivity index (χ1v) is 8.32. The third kappa shape index (κ3) is 3.63. The summed E-state index contributed by atoms with van der Waals surface area (Å²) >= 11 is 0. The second-order valence-electron chi connectivity index (χ2n) is 6.36. The van der Waals surface area contributed by atoms with E-state index in [4.69, 9.17) is 0 Å². The molecule has 1 saturated carbocycles. The van der Waals surface area contributed by atoms with Crippen LogP contribution < -0.4 is 10.6 Å². The maximum atomic E-state index is 12.2. The van der Waals surface area contributed by atoms with Gasteiger partial charge in [-0.2, -0.15) is 0 Å². The van der Waals surface area contributed by atoms with E-state index in [9.17, 15) is 19.5 Å². The van der Waals surface area contributed by atoms with Crippen molar-refractivity contribution < 1.29 is 19.5 Å². The van der Waals surface area contributed by atoms with E-state index >= 15 is 0 Å². The van der Waals surface area contributed by atoms with E-state index < -0.39 is 11.5 Å². The van der Waals surface area contributed by atoms with Crippen LogP contribution in [0.25, 0.3) is 10.8 Å². The first-order chi connectivity index (χ1) is 12.0. The fraction of sp³-hybridized carbons (Fsp3) is 0.316. The number of benzene rings is 2. The van der Waals surface area contributed by atoms with Gasteiger partial charge in [-0.05, 0) is 42.2 Å². The lowest BCUT2D eigenvalue weighted by Crippen LogP contribution is -2.59. The van der Waals surface area contributed by atoms with Crippen LogP contribution in [0.2, 0.25) is 0 Å². The van der Waals surface area contributed by atoms with Gasteiger partial charge in [0.25, 0.3) is 5.91 Å². The van der Waals surface area contributed by atoms with Crippen LogP contribution in [-0.4, -0.2) is 35.0 Å². The van der Waals surface area contributed by atoms with E-state index in [1.807, 2.05) is 30.3 Å². The van der Waals surface area contributed by atoms with Crippen LogP contribution in [0.4, 0.5) is 0 Å². The first-order valence-electron chi connectivity index (χ1n) is 8.32. The van der Waals surface area contributed by atoms with E-state index in [2.05, 4.69) is 10.6 Å². The Morgan fingerprint density at radius 2 is 1.76 bits per heavy atom. The summed E-state index contributed by atoms with van der Waals surface area (Å²) in [6.45, 7) is 0.160. The SMILES string of the molecule is O=C(CCNC(=O)c1ccc2ccccc2c1)NC1(C(=O)O)CCC1. The van der Waals surface area contributed by atoms with E-state index in [1.54, 1.807) is 12.1 Å². The Balaban J connectivity index is 1.51. The number of amides is 2. The van der Waals surface area contributed by atoms with Crippen LogP contribution in [0.15, 0.2) is 42.5 Å². The predicted molar refractivity (Wildman–Crippen MR) is 93.3 cm³/mol. The van der Waals surface area contributed by atoms with Crippen molar-refractivity contribution in [3.05, 3.63) is 48.0 Å². The lowest BCUT2D eigenvalue weighted by Gasteiger charge is -2.38. The maximum absolute atomic E-state index is 12.2. The summed E-state index contributed by atoms with van der Waals surface area (Å²) in [5.41, 5.74) is -0.584. The quantitative estimate of drug-likeness (QED) is 0.750. The van der Waals surface area contributed by atoms with Gasteiger partial charge in [0.05, 0.1) is 0 Å². The van der Waals surface area contributed by atoms with Crippen molar-refractivity contribution in [2.45, 2.75) is 31.2 Å². The van der Waals surface area contributed by atoms with E-state index in [0.717, 1.165) is 17.2 Å². The summed E-state index contributed by atoms with van der Waals surface area (Å²) in [4.78, 5) is 35.3. The van der Waals surface area contributed by atoms with Crippen molar-refractivity contribution in [3.63, 3.8) is 0 Å². The molecular weight excluding hydrogens is 320 g/mol. The number of carboxylic acid groups (broad SMARTS) is 1. The van der Waals surface area contributed by atoms with Crippen LogP contribution in [0.5, 0.6) is 0 Å². The van der Waals surface area contributed by atoms with Gasteiger partial charge in [0.15, 0.2) is 0 Å². The number of nitrogens with one attached hydrogen (secondary N) is 2. The summed E-state index contributed by atoms with van der Waals surface area (Å²) in [5, 5.41) is 16.5. The number of fused-ring (bicyclic) bond motifs is 1. The molecule has 0 atom stereocenters. The smallest absolute Gasteiger partial charge is 0.329 e. The minimum atomic E-state index is -1.11. The van der Waals surface area contributed by atoms with Crippen LogP contribution in [0.1, 0.15) is 36.0 Å². The summed E-state index contributed by atoms with van der Waals surface area (Å²) in [7, 11) is 0. The highest BCUT2D eigenvalue weighted by molar-refractivity contribution is 5.98. The number of carbonyl (C=O) groups is 3. The van der Waals surface area contributed by atoms with E-state index in [0.29, 0.717) is 18.4 Å². The largest absolute Gasteiger partial charge is 0.480 e. The molecule has 3 rings (SSSR count). The fourth-order valence-electron chi connectivity index (χ4n) is 2.97. The Bertz CT molecular complexity index is 827. The van der Waals surface area contributed by atoms with E-state index in [1.165, 1.54) is 0 Å². The zero-order valence-corrected chi connectivity index (χ0v) is 13.7. The molecule has 2 amide bonds. The lowest BCUT2D eigenvalue weighted by atomic mass is 9.76. The minimum Gasteiger partial charge on any atom is -0.480 e. The molecule has 0 bridgehead atoms. The standard InChI is InChI=1S/C19H20N2O4/c22-16(21-19(18(24)25)9-3-10-19)8-11-20-17(23)15-7-6-13-4-1-2-5-14(13)12-15/h1-2,4-7,12H,3,8-11H2,(H,20,23)(H,21,22)(H,24,25). The predicted octanol–water partition coefficient (Wildman–Crippen LogP) is 2.08. The van der Waals surface area contributed by atoms with Crippen molar-refractivity contribution in [1.82, 2.24) is 10.6 Å². The molecule has 0 heterocycles. The van der Waals surface area contributed by atoms with Gasteiger partial charge in [-0.3, -0.25) is 9.59 Å². The monoisotopic (exact) mass is 340 g/mol. The first kappa shape index (κ1) is 17.0. The second kappa shape index (κ2) is 6.93. The molecule has 6 nitrogen and oxygen atoms in total. The topological polar surface area (TPSA) is 95.5 Å². The molecule has 1 aliphatic rings. The molecule has 1 aliphatic carbocycles. The van der Waals surface area contributed by atoms with Gasteiger partial charge in [0.2, 0.25) is 5.91 Å². The third-order valence-electron chi connectivity index (χ3n) is 4.64. The van der Waals surface area contributed by atoms with Crippen molar-refractivity contribution in [3.8, 4) is 0 Å². The Morgan fingerprint density at radius 3 is 2.40 bits per heavy atom. The van der Waals surface area contributed by atoms with Gasteiger partial charge >= 0.3 is 5.97 Å². The molecule has 1 fully saturated rings. The van der Waals surface area contributed by atoms with E-state index in [-0.39, 0.29) is 24.8 Å². The molecule has 0 spiro atoms. The molecule has 2 aromatic carbocycles. The number of hydrogen-bond acceptors (Lipinski definition) is 3. The van der Waals surface area contributed by atoms with Crippen molar-refractivity contribution in [2.24, 2.45) is 0 Å². The Hall–Kier alpha value is -2.89. The van der Waals surface area contributed by atoms with Crippen LogP contribution >= 0.6 is 0 Å². The van der Waals surface area contributed by atoms with Crippen LogP contribution in [0, 0.1) is 0 Å². The van der Waals surface area contributed by atoms with Crippen molar-refractivity contribution >= 4 is 28.6 Å². The number of hydrogen-bond donors (Lipinski definition) is 3. The molecule has 3 N–H and O–H groups in total. The zero-order valence-electron chi connectivity index (χ0n) is 13.7. The zero-order chi connectivity index (χ0) is 17.9. The average Bonchev–Trinajstić information content (AvgIpc) is 2.57. The molecule has 0 saturated heterocycles. The van der Waals surface area contributed by atoms with Crippen molar-refractivity contribution in [2.75, 3.05) is 6.54 Å². The van der Waals surface area contributed by atoms with Gasteiger partial charge in [-0.15, -0.1) is 0 Å². The van der Waals surface area contributed by atoms with Gasteiger partial charge in [0, 0.05) is 18.5 Å². The van der Waals surface area contributed by atoms with Gasteiger partial charge < -0.3 is 15.7 Å². The molecular formula is C19H20N2O4. The molecule has 25 heavy (non-hydrogen) atoms. The molecule has 2 aromatic rings. The molecule has 0 aromatic heterocycles. The molecule has 0 unspecified atom stereocenters. The molecule has 0 radical (unpaired) electrons. The van der Waals surface area contributed by atoms with Gasteiger partial charge in [-0.1, -0.05) is 30.3 Å². The van der Waals surface area contributed by atoms with Crippen LogP contribution in [0.3, 0.4) is 0 Å². The number of carboxylic acids is 1. The molecule has 6 heteroatoms. The maximum Gasteiger partial charge on any atom is 0.329 e. The molecule has 0 aliphatic heterocycles. The Morgan fingerprint density at radius 1 is 1.04 bits per heavy atom. The van der Waals surface area contributed by atoms with Gasteiger partial charge in [0.1, 0.15) is 5.54 Å². The number of carbonyl (C=O) groups excluding carboxylic acids is 2. The normalized spacial score (nSPS) is 15.2. The Labute approximate surface area is 145 Å². The fourth-order valence-corrected chi connectivity index (χ4v) is 2.97. The highest BCUT2D eigenvalue weighted by Gasteiger charge is 2.45. The number of rotatable bonds is 6. The van der Waals surface area contributed by atoms with Crippen molar-refractivity contribution in [1.29, 1.82) is 0 Å². The highest BCUT2D eigenvalue weighted by atomic mass is 16.4. The summed E-state index contributed by atoms with van der Waals surface area (Å²) in [6, 6.07) is 13.2. The summed E-state index contributed by atoms with van der Waals surface area (Å²) in [5.74, 6) is -1.61. The van der Waals surface area contributed by atoms with Gasteiger partial charge in [-0.25, -0.2) is 4.79 Å². The third-order valence-corrected chi connectivity index (χ3v) is 4.64. The molecule has 130 valence electrons.